The van der Waals surface area contributed by atoms with Gasteiger partial charge in [-0.1, -0.05) is 30.3 Å². The molecule has 0 unspecified atom stereocenters. The Morgan fingerprint density at radius 1 is 1.00 bits per heavy atom. The summed E-state index contributed by atoms with van der Waals surface area (Å²) in [6, 6.07) is 18.2. The number of hydrogen-bond acceptors (Lipinski definition) is 3. The van der Waals surface area contributed by atoms with Crippen LogP contribution in [0.1, 0.15) is 17.9 Å². The van der Waals surface area contributed by atoms with Crippen molar-refractivity contribution in [1.29, 1.82) is 0 Å². The number of nitrogens with one attached hydrogen (secondary N) is 1. The smallest absolute Gasteiger partial charge is 0.119 e. The molecule has 0 aliphatic carbocycles. The first kappa shape index (κ1) is 15.7. The molecule has 1 heterocycles. The van der Waals surface area contributed by atoms with Crippen molar-refractivity contribution < 1.29 is 4.74 Å². The number of nitrogens with two attached hydrogens (primary N) is 1. The maximum atomic E-state index is 6.18. The molecule has 3 rings (SSSR count). The first-order valence-electron chi connectivity index (χ1n) is 7.11. The molecular formula is C17H21ClN2O. The van der Waals surface area contributed by atoms with E-state index in [2.05, 4.69) is 35.6 Å². The second-order valence-electron chi connectivity index (χ2n) is 5.24. The van der Waals surface area contributed by atoms with Crippen molar-refractivity contribution in [2.75, 3.05) is 18.8 Å². The van der Waals surface area contributed by atoms with Crippen molar-refractivity contribution in [2.45, 2.75) is 18.4 Å². The van der Waals surface area contributed by atoms with E-state index in [4.69, 9.17) is 10.5 Å². The Labute approximate surface area is 131 Å². The number of halogens is 1. The van der Waals surface area contributed by atoms with Crippen molar-refractivity contribution in [3.05, 3.63) is 60.2 Å². The summed E-state index contributed by atoms with van der Waals surface area (Å²) in [5.74, 6) is 1.29. The highest BCUT2D eigenvalue weighted by molar-refractivity contribution is 5.85. The molecule has 21 heavy (non-hydrogen) atoms. The zero-order chi connectivity index (χ0) is 13.8. The van der Waals surface area contributed by atoms with Crippen LogP contribution in [0.5, 0.6) is 5.75 Å². The van der Waals surface area contributed by atoms with Crippen LogP contribution in [0.3, 0.4) is 0 Å². The molecule has 0 radical (unpaired) electrons. The molecule has 4 heteroatoms. The van der Waals surface area contributed by atoms with E-state index in [1.165, 1.54) is 5.56 Å². The molecule has 1 aliphatic rings. The monoisotopic (exact) mass is 304 g/mol. The third-order valence-electron chi connectivity index (χ3n) is 3.81. The van der Waals surface area contributed by atoms with Crippen LogP contribution in [-0.2, 0) is 0 Å². The Kier molecular flexibility index (Phi) is 5.48. The van der Waals surface area contributed by atoms with Crippen LogP contribution < -0.4 is 15.8 Å². The van der Waals surface area contributed by atoms with Gasteiger partial charge in [-0.25, -0.2) is 0 Å². The normalized spacial score (nSPS) is 21.3. The zero-order valence-corrected chi connectivity index (χ0v) is 12.7. The second-order valence-corrected chi connectivity index (χ2v) is 5.24. The predicted octanol–water partition coefficient (Wildman–Crippen LogP) is 3.22. The molecule has 0 bridgehead atoms. The van der Waals surface area contributed by atoms with Crippen LogP contribution in [0.15, 0.2) is 54.6 Å². The summed E-state index contributed by atoms with van der Waals surface area (Å²) in [5.41, 5.74) is 7.81. The van der Waals surface area contributed by atoms with Crippen LogP contribution in [0, 0.1) is 0 Å². The van der Waals surface area contributed by atoms with Crippen LogP contribution in [0.2, 0.25) is 0 Å². The molecular weight excluding hydrogens is 284 g/mol. The molecule has 0 saturated carbocycles. The van der Waals surface area contributed by atoms with Crippen molar-refractivity contribution >= 4 is 18.1 Å². The molecule has 3 N–H and O–H groups in total. The second kappa shape index (κ2) is 7.34. The minimum Gasteiger partial charge on any atom is -0.490 e. The Morgan fingerprint density at radius 2 is 1.71 bits per heavy atom. The maximum absolute atomic E-state index is 6.18. The minimum atomic E-state index is 0. The fraction of sp³-hybridized carbons (Fsp3) is 0.294. The number of rotatable bonds is 3. The van der Waals surface area contributed by atoms with Gasteiger partial charge < -0.3 is 15.8 Å². The third-order valence-corrected chi connectivity index (χ3v) is 3.81. The average molecular weight is 305 g/mol. The third kappa shape index (κ3) is 3.90. The lowest BCUT2D eigenvalue weighted by Crippen LogP contribution is -2.41. The summed E-state index contributed by atoms with van der Waals surface area (Å²) in [7, 11) is 0. The lowest BCUT2D eigenvalue weighted by atomic mass is 9.89. The van der Waals surface area contributed by atoms with Gasteiger partial charge in [0.15, 0.2) is 0 Å². The van der Waals surface area contributed by atoms with Gasteiger partial charge in [-0.2, -0.15) is 0 Å². The minimum absolute atomic E-state index is 0. The van der Waals surface area contributed by atoms with Gasteiger partial charge in [-0.15, -0.1) is 12.4 Å². The number of benzene rings is 2. The Balaban J connectivity index is 0.00000161. The van der Waals surface area contributed by atoms with Crippen LogP contribution in [-0.4, -0.2) is 19.2 Å². The van der Waals surface area contributed by atoms with Crippen molar-refractivity contribution in [3.8, 4) is 5.75 Å². The summed E-state index contributed by atoms with van der Waals surface area (Å²) in [4.78, 5) is 0. The molecule has 3 nitrogen and oxygen atoms in total. The van der Waals surface area contributed by atoms with Crippen molar-refractivity contribution in [3.63, 3.8) is 0 Å². The van der Waals surface area contributed by atoms with E-state index in [0.717, 1.165) is 30.9 Å². The van der Waals surface area contributed by atoms with E-state index in [1.54, 1.807) is 0 Å². The van der Waals surface area contributed by atoms with E-state index in [-0.39, 0.29) is 18.5 Å². The fourth-order valence-corrected chi connectivity index (χ4v) is 2.73. The highest BCUT2D eigenvalue weighted by atomic mass is 35.5. The van der Waals surface area contributed by atoms with E-state index < -0.39 is 0 Å². The first-order valence-corrected chi connectivity index (χ1v) is 7.11. The highest BCUT2D eigenvalue weighted by Gasteiger charge is 2.27. The number of ether oxygens (including phenoxy) is 1. The van der Waals surface area contributed by atoms with Crippen LogP contribution in [0.4, 0.5) is 5.69 Å². The fourth-order valence-electron chi connectivity index (χ4n) is 2.73. The molecule has 2 aromatic carbocycles. The quantitative estimate of drug-likeness (QED) is 0.856. The van der Waals surface area contributed by atoms with E-state index in [9.17, 15) is 0 Å². The molecule has 1 aliphatic heterocycles. The summed E-state index contributed by atoms with van der Waals surface area (Å²) >= 11 is 0. The zero-order valence-electron chi connectivity index (χ0n) is 11.9. The predicted molar refractivity (Wildman–Crippen MR) is 89.2 cm³/mol. The SMILES string of the molecule is Cl.Nc1ccc(O[C@@H]2CCNC[C@H]2c2ccccc2)cc1. The first-order chi connectivity index (χ1) is 9.83. The average Bonchev–Trinajstić information content (AvgIpc) is 2.51. The number of hydrogen-bond donors (Lipinski definition) is 2. The molecule has 2 aromatic rings. The molecule has 2 atom stereocenters. The van der Waals surface area contributed by atoms with E-state index >= 15 is 0 Å². The van der Waals surface area contributed by atoms with Gasteiger partial charge in [0.1, 0.15) is 11.9 Å². The molecule has 0 amide bonds. The van der Waals surface area contributed by atoms with Gasteiger partial charge in [0.2, 0.25) is 0 Å². The van der Waals surface area contributed by atoms with Crippen molar-refractivity contribution in [1.82, 2.24) is 5.32 Å². The van der Waals surface area contributed by atoms with Crippen LogP contribution in [0.25, 0.3) is 0 Å². The van der Waals surface area contributed by atoms with Crippen molar-refractivity contribution in [2.24, 2.45) is 0 Å². The lowest BCUT2D eigenvalue weighted by molar-refractivity contribution is 0.138. The molecule has 0 aromatic heterocycles. The van der Waals surface area contributed by atoms with Crippen LogP contribution >= 0.6 is 12.4 Å². The largest absolute Gasteiger partial charge is 0.490 e. The van der Waals surface area contributed by atoms with E-state index in [1.807, 2.05) is 24.3 Å². The standard InChI is InChI=1S/C17H20N2O.ClH/c18-14-6-8-15(9-7-14)20-17-10-11-19-12-16(17)13-4-2-1-3-5-13;/h1-9,16-17,19H,10-12,18H2;1H/t16-,17+;/m0./s1. The number of nitrogen functional groups attached to an aromatic ring is 1. The summed E-state index contributed by atoms with van der Waals surface area (Å²) in [5, 5.41) is 3.46. The summed E-state index contributed by atoms with van der Waals surface area (Å²) in [6.07, 6.45) is 1.23. The van der Waals surface area contributed by atoms with E-state index in [0.29, 0.717) is 5.92 Å². The molecule has 112 valence electrons. The Hall–Kier alpha value is -1.71. The molecule has 1 fully saturated rings. The van der Waals surface area contributed by atoms with Gasteiger partial charge in [0.25, 0.3) is 0 Å². The topological polar surface area (TPSA) is 47.3 Å². The Morgan fingerprint density at radius 3 is 2.43 bits per heavy atom. The van der Waals surface area contributed by atoms with Gasteiger partial charge in [-0.05, 0) is 42.8 Å². The Bertz CT molecular complexity index is 544. The van der Waals surface area contributed by atoms with Gasteiger partial charge in [0.05, 0.1) is 0 Å². The van der Waals surface area contributed by atoms with Gasteiger partial charge in [-0.3, -0.25) is 0 Å². The lowest BCUT2D eigenvalue weighted by Gasteiger charge is -2.33. The summed E-state index contributed by atoms with van der Waals surface area (Å²) < 4.78 is 6.18. The number of anilines is 1. The highest BCUT2D eigenvalue weighted by Crippen LogP contribution is 2.28. The summed E-state index contributed by atoms with van der Waals surface area (Å²) in [6.45, 7) is 1.96. The maximum Gasteiger partial charge on any atom is 0.119 e. The van der Waals surface area contributed by atoms with Gasteiger partial charge >= 0.3 is 0 Å². The van der Waals surface area contributed by atoms with Gasteiger partial charge in [0, 0.05) is 18.2 Å². The number of piperidine rings is 1. The molecule has 0 spiro atoms. The molecule has 1 saturated heterocycles.